The van der Waals surface area contributed by atoms with Crippen molar-refractivity contribution in [1.29, 1.82) is 0 Å². The summed E-state index contributed by atoms with van der Waals surface area (Å²) in [5, 5.41) is 8.34. The van der Waals surface area contributed by atoms with Gasteiger partial charge >= 0.3 is 12.0 Å². The van der Waals surface area contributed by atoms with Crippen molar-refractivity contribution in [1.82, 2.24) is 14.7 Å². The summed E-state index contributed by atoms with van der Waals surface area (Å²) in [6.07, 6.45) is 1.82. The van der Waals surface area contributed by atoms with E-state index in [1.165, 1.54) is 7.11 Å². The van der Waals surface area contributed by atoms with Crippen molar-refractivity contribution in [2.45, 2.75) is 26.8 Å². The van der Waals surface area contributed by atoms with E-state index in [1.807, 2.05) is 36.0 Å². The van der Waals surface area contributed by atoms with Gasteiger partial charge in [0.1, 0.15) is 0 Å². The minimum absolute atomic E-state index is 0.0862. The number of rotatable bonds is 3. The van der Waals surface area contributed by atoms with E-state index in [2.05, 4.69) is 24.3 Å². The Bertz CT molecular complexity index is 799. The Morgan fingerprint density at radius 1 is 1.32 bits per heavy atom. The molecule has 3 rings (SSSR count). The smallest absolute Gasteiger partial charge is 0.321 e. The first-order valence-electron chi connectivity index (χ1n) is 8.51. The molecule has 0 spiro atoms. The maximum absolute atomic E-state index is 12.6. The Hall–Kier alpha value is -2.57. The van der Waals surface area contributed by atoms with Gasteiger partial charge in [-0.3, -0.25) is 9.48 Å². The Kier molecular flexibility index (Phi) is 4.65. The zero-order chi connectivity index (χ0) is 18.1. The van der Waals surface area contributed by atoms with Gasteiger partial charge in [-0.05, 0) is 38.0 Å². The van der Waals surface area contributed by atoms with E-state index in [-0.39, 0.29) is 29.9 Å². The van der Waals surface area contributed by atoms with Crippen LogP contribution < -0.4 is 5.32 Å². The number of fused-ring (bicyclic) bond motifs is 1. The van der Waals surface area contributed by atoms with Crippen LogP contribution in [0.15, 0.2) is 24.4 Å². The molecule has 134 valence electrons. The molecule has 1 saturated heterocycles. The van der Waals surface area contributed by atoms with Gasteiger partial charge in [-0.2, -0.15) is 5.10 Å². The molecule has 1 fully saturated rings. The monoisotopic (exact) mass is 344 g/mol. The van der Waals surface area contributed by atoms with E-state index in [4.69, 9.17) is 4.74 Å². The van der Waals surface area contributed by atoms with E-state index in [0.29, 0.717) is 18.8 Å². The number of hydrogen-bond donors (Lipinski definition) is 1. The van der Waals surface area contributed by atoms with Gasteiger partial charge in [-0.25, -0.2) is 4.79 Å². The average molecular weight is 344 g/mol. The first-order valence-corrected chi connectivity index (χ1v) is 8.51. The molecule has 0 bridgehead atoms. The van der Waals surface area contributed by atoms with Gasteiger partial charge in [0.15, 0.2) is 0 Å². The molecule has 2 amide bonds. The van der Waals surface area contributed by atoms with Crippen LogP contribution >= 0.6 is 0 Å². The number of esters is 1. The molecular weight excluding hydrogens is 320 g/mol. The molecule has 7 nitrogen and oxygen atoms in total. The molecule has 1 aliphatic heterocycles. The number of aromatic nitrogens is 2. The summed E-state index contributed by atoms with van der Waals surface area (Å²) in [6.45, 7) is 7.01. The molecule has 2 heterocycles. The molecule has 7 heteroatoms. The fourth-order valence-corrected chi connectivity index (χ4v) is 3.32. The number of nitrogens with one attached hydrogen (secondary N) is 1. The Balaban J connectivity index is 1.74. The topological polar surface area (TPSA) is 76.5 Å². The third-order valence-electron chi connectivity index (χ3n) is 4.74. The number of ether oxygens (including phenoxy) is 1. The lowest BCUT2D eigenvalue weighted by Crippen LogP contribution is -2.34. The molecule has 0 unspecified atom stereocenters. The summed E-state index contributed by atoms with van der Waals surface area (Å²) < 4.78 is 6.75. The maximum atomic E-state index is 12.6. The van der Waals surface area contributed by atoms with E-state index >= 15 is 0 Å². The van der Waals surface area contributed by atoms with Crippen molar-refractivity contribution in [3.63, 3.8) is 0 Å². The van der Waals surface area contributed by atoms with Crippen molar-refractivity contribution in [3.05, 3.63) is 24.4 Å². The van der Waals surface area contributed by atoms with E-state index in [9.17, 15) is 9.59 Å². The predicted molar refractivity (Wildman–Crippen MR) is 95.4 cm³/mol. The largest absolute Gasteiger partial charge is 0.469 e. The van der Waals surface area contributed by atoms with Crippen molar-refractivity contribution in [2.24, 2.45) is 11.8 Å². The summed E-state index contributed by atoms with van der Waals surface area (Å²) >= 11 is 0. The van der Waals surface area contributed by atoms with E-state index in [0.717, 1.165) is 10.9 Å². The predicted octanol–water partition coefficient (Wildman–Crippen LogP) is 2.89. The zero-order valence-corrected chi connectivity index (χ0v) is 15.0. The van der Waals surface area contributed by atoms with Crippen LogP contribution in [0.2, 0.25) is 0 Å². The van der Waals surface area contributed by atoms with Gasteiger partial charge in [0.2, 0.25) is 0 Å². The number of carbonyl (C=O) groups is 2. The first kappa shape index (κ1) is 17.3. The molecule has 1 N–H and O–H groups in total. The van der Waals surface area contributed by atoms with Crippen molar-refractivity contribution in [2.75, 3.05) is 25.5 Å². The maximum Gasteiger partial charge on any atom is 0.321 e. The highest BCUT2D eigenvalue weighted by molar-refractivity contribution is 5.93. The van der Waals surface area contributed by atoms with Crippen molar-refractivity contribution < 1.29 is 14.3 Å². The SMILES string of the molecule is COC(=O)[C@@H]1CN(C(=O)Nc2ccc3cnn(C(C)C)c3c2)C[C@H]1C. The van der Waals surface area contributed by atoms with Gasteiger partial charge in [0.05, 0.1) is 24.7 Å². The molecule has 0 aliphatic carbocycles. The Labute approximate surface area is 146 Å². The van der Waals surface area contributed by atoms with Crippen LogP contribution in [0.5, 0.6) is 0 Å². The lowest BCUT2D eigenvalue weighted by molar-refractivity contribution is -0.145. The number of hydrogen-bond acceptors (Lipinski definition) is 4. The van der Waals surface area contributed by atoms with Gasteiger partial charge < -0.3 is 15.0 Å². The molecule has 0 radical (unpaired) electrons. The molecular formula is C18H24N4O3. The second-order valence-electron chi connectivity index (χ2n) is 6.90. The first-order chi connectivity index (χ1) is 11.9. The van der Waals surface area contributed by atoms with Gasteiger partial charge in [0.25, 0.3) is 0 Å². The van der Waals surface area contributed by atoms with Crippen molar-refractivity contribution >= 4 is 28.6 Å². The summed E-state index contributed by atoms with van der Waals surface area (Å²) in [6, 6.07) is 5.78. The third-order valence-corrected chi connectivity index (χ3v) is 4.74. The number of anilines is 1. The number of urea groups is 1. The van der Waals surface area contributed by atoms with Crippen LogP contribution in [-0.4, -0.2) is 46.9 Å². The number of methoxy groups -OCH3 is 1. The molecule has 1 aromatic heterocycles. The highest BCUT2D eigenvalue weighted by atomic mass is 16.5. The zero-order valence-electron chi connectivity index (χ0n) is 15.0. The number of benzene rings is 1. The molecule has 25 heavy (non-hydrogen) atoms. The van der Waals surface area contributed by atoms with Gasteiger partial charge in [0, 0.05) is 30.2 Å². The second-order valence-corrected chi connectivity index (χ2v) is 6.90. The van der Waals surface area contributed by atoms with Crippen LogP contribution in [0.3, 0.4) is 0 Å². The third kappa shape index (κ3) is 3.31. The van der Waals surface area contributed by atoms with Gasteiger partial charge in [-0.15, -0.1) is 0 Å². The van der Waals surface area contributed by atoms with Gasteiger partial charge in [-0.1, -0.05) is 6.92 Å². The van der Waals surface area contributed by atoms with Crippen LogP contribution in [0.1, 0.15) is 26.8 Å². The second kappa shape index (κ2) is 6.74. The summed E-state index contributed by atoms with van der Waals surface area (Å²) in [4.78, 5) is 26.0. The van der Waals surface area contributed by atoms with Crippen molar-refractivity contribution in [3.8, 4) is 0 Å². The fraction of sp³-hybridized carbons (Fsp3) is 0.500. The lowest BCUT2D eigenvalue weighted by Gasteiger charge is -2.17. The number of likely N-dealkylation sites (tertiary alicyclic amines) is 1. The highest BCUT2D eigenvalue weighted by Crippen LogP contribution is 2.26. The molecule has 2 atom stereocenters. The minimum atomic E-state index is -0.263. The fourth-order valence-electron chi connectivity index (χ4n) is 3.32. The normalized spacial score (nSPS) is 20.3. The highest BCUT2D eigenvalue weighted by Gasteiger charge is 2.37. The van der Waals surface area contributed by atoms with Crippen LogP contribution in [0.4, 0.5) is 10.5 Å². The Morgan fingerprint density at radius 3 is 2.76 bits per heavy atom. The average Bonchev–Trinajstić information content (AvgIpc) is 3.17. The number of carbonyl (C=O) groups excluding carboxylic acids is 2. The molecule has 1 aromatic carbocycles. The summed E-state index contributed by atoms with van der Waals surface area (Å²) in [5.41, 5.74) is 1.70. The van der Waals surface area contributed by atoms with E-state index in [1.54, 1.807) is 4.90 Å². The standard InChI is InChI=1S/C18H24N4O3/c1-11(2)22-16-7-14(6-5-13(16)8-19-22)20-18(24)21-9-12(3)15(10-21)17(23)25-4/h5-8,11-12,15H,9-10H2,1-4H3,(H,20,24)/t12-,15-/m1/s1. The molecule has 0 saturated carbocycles. The Morgan fingerprint density at radius 2 is 2.08 bits per heavy atom. The molecule has 2 aromatic rings. The van der Waals surface area contributed by atoms with E-state index < -0.39 is 0 Å². The summed E-state index contributed by atoms with van der Waals surface area (Å²) in [7, 11) is 1.38. The number of nitrogens with zero attached hydrogens (tertiary/aromatic N) is 3. The number of amides is 2. The van der Waals surface area contributed by atoms with Crippen LogP contribution in [0, 0.1) is 11.8 Å². The quantitative estimate of drug-likeness (QED) is 0.869. The minimum Gasteiger partial charge on any atom is -0.469 e. The molecule has 1 aliphatic rings. The van der Waals surface area contributed by atoms with Crippen LogP contribution in [-0.2, 0) is 9.53 Å². The van der Waals surface area contributed by atoms with Crippen LogP contribution in [0.25, 0.3) is 10.9 Å². The lowest BCUT2D eigenvalue weighted by atomic mass is 9.99. The summed E-state index contributed by atoms with van der Waals surface area (Å²) in [5.74, 6) is -0.436.